The maximum atomic E-state index is 10.9. The highest BCUT2D eigenvalue weighted by molar-refractivity contribution is 6.29. The second-order valence-electron chi connectivity index (χ2n) is 3.95. The van der Waals surface area contributed by atoms with Crippen LogP contribution in [0.5, 0.6) is 0 Å². The Morgan fingerprint density at radius 2 is 2.31 bits per heavy atom. The number of carbonyl (C=O) groups is 1. The van der Waals surface area contributed by atoms with Gasteiger partial charge >= 0.3 is 0 Å². The van der Waals surface area contributed by atoms with E-state index in [0.717, 1.165) is 5.56 Å². The van der Waals surface area contributed by atoms with Crippen molar-refractivity contribution in [1.82, 2.24) is 9.88 Å². The summed E-state index contributed by atoms with van der Waals surface area (Å²) in [4.78, 5) is 16.8. The number of nitrogens with two attached hydrogens (primary N) is 1. The van der Waals surface area contributed by atoms with Gasteiger partial charge in [0.15, 0.2) is 0 Å². The molecule has 4 nitrogen and oxygen atoms in total. The topological polar surface area (TPSA) is 59.2 Å². The maximum absolute atomic E-state index is 10.9. The zero-order valence-electron chi connectivity index (χ0n) is 9.48. The zero-order valence-corrected chi connectivity index (χ0v) is 10.2. The summed E-state index contributed by atoms with van der Waals surface area (Å²) in [5.74, 6) is -0.325. The van der Waals surface area contributed by atoms with Gasteiger partial charge in [0.05, 0.1) is 6.54 Å². The molecule has 2 N–H and O–H groups in total. The lowest BCUT2D eigenvalue weighted by Crippen LogP contribution is -2.37. The standard InChI is InChI=1S/C11H16ClN3O/c1-8(2)15(7-11(13)16)6-9-3-4-14-10(12)5-9/h3-5,8H,6-7H2,1-2H3,(H2,13,16). The van der Waals surface area contributed by atoms with Crippen LogP contribution in [0.15, 0.2) is 18.3 Å². The number of hydrogen-bond donors (Lipinski definition) is 1. The Morgan fingerprint density at radius 3 is 2.81 bits per heavy atom. The molecule has 0 fully saturated rings. The Morgan fingerprint density at radius 1 is 1.62 bits per heavy atom. The van der Waals surface area contributed by atoms with E-state index in [-0.39, 0.29) is 18.5 Å². The maximum Gasteiger partial charge on any atom is 0.231 e. The van der Waals surface area contributed by atoms with E-state index in [1.54, 1.807) is 12.3 Å². The molecule has 0 unspecified atom stereocenters. The van der Waals surface area contributed by atoms with Crippen molar-refractivity contribution in [3.63, 3.8) is 0 Å². The van der Waals surface area contributed by atoms with Crippen LogP contribution >= 0.6 is 11.6 Å². The molecule has 0 aliphatic carbocycles. The molecule has 1 amide bonds. The first-order valence-corrected chi connectivity index (χ1v) is 5.49. The molecule has 1 heterocycles. The molecule has 16 heavy (non-hydrogen) atoms. The third-order valence-electron chi connectivity index (χ3n) is 2.27. The molecule has 0 aliphatic rings. The number of aromatic nitrogens is 1. The van der Waals surface area contributed by atoms with Crippen LogP contribution in [0, 0.1) is 0 Å². The van der Waals surface area contributed by atoms with Crippen LogP contribution in [-0.4, -0.2) is 28.4 Å². The van der Waals surface area contributed by atoms with Gasteiger partial charge in [-0.05, 0) is 31.5 Å². The van der Waals surface area contributed by atoms with Gasteiger partial charge in [-0.15, -0.1) is 0 Å². The molecular formula is C11H16ClN3O. The van der Waals surface area contributed by atoms with Gasteiger partial charge in [-0.1, -0.05) is 11.6 Å². The lowest BCUT2D eigenvalue weighted by atomic mass is 10.2. The Bertz CT molecular complexity index is 368. The molecule has 1 rings (SSSR count). The summed E-state index contributed by atoms with van der Waals surface area (Å²) in [6, 6.07) is 3.92. The van der Waals surface area contributed by atoms with Crippen LogP contribution in [0.3, 0.4) is 0 Å². The summed E-state index contributed by atoms with van der Waals surface area (Å²) in [5, 5.41) is 0.459. The summed E-state index contributed by atoms with van der Waals surface area (Å²) < 4.78 is 0. The fourth-order valence-electron chi connectivity index (χ4n) is 1.40. The van der Waals surface area contributed by atoms with Crippen LogP contribution in [-0.2, 0) is 11.3 Å². The number of nitrogens with zero attached hydrogens (tertiary/aromatic N) is 2. The molecule has 1 aromatic heterocycles. The van der Waals surface area contributed by atoms with Crippen LogP contribution in [0.4, 0.5) is 0 Å². The van der Waals surface area contributed by atoms with Gasteiger partial charge in [-0.3, -0.25) is 9.69 Å². The van der Waals surface area contributed by atoms with Gasteiger partial charge in [-0.25, -0.2) is 4.98 Å². The van der Waals surface area contributed by atoms with E-state index in [0.29, 0.717) is 11.7 Å². The third kappa shape index (κ3) is 4.16. The number of rotatable bonds is 5. The zero-order chi connectivity index (χ0) is 12.1. The minimum atomic E-state index is -0.325. The molecule has 0 radical (unpaired) electrons. The van der Waals surface area contributed by atoms with Crippen molar-refractivity contribution in [2.24, 2.45) is 5.73 Å². The van der Waals surface area contributed by atoms with E-state index in [9.17, 15) is 4.79 Å². The summed E-state index contributed by atoms with van der Waals surface area (Å²) in [7, 11) is 0. The fourth-order valence-corrected chi connectivity index (χ4v) is 1.59. The van der Waals surface area contributed by atoms with Crippen molar-refractivity contribution in [3.05, 3.63) is 29.0 Å². The number of primary amides is 1. The van der Waals surface area contributed by atoms with Gasteiger partial charge in [0.1, 0.15) is 5.15 Å². The van der Waals surface area contributed by atoms with E-state index in [4.69, 9.17) is 17.3 Å². The van der Waals surface area contributed by atoms with E-state index in [1.165, 1.54) is 0 Å². The minimum absolute atomic E-state index is 0.248. The summed E-state index contributed by atoms with van der Waals surface area (Å²) in [5.41, 5.74) is 6.22. The van der Waals surface area contributed by atoms with E-state index < -0.39 is 0 Å². The Balaban J connectivity index is 2.71. The summed E-state index contributed by atoms with van der Waals surface area (Å²) in [6.45, 7) is 4.93. The van der Waals surface area contributed by atoms with E-state index >= 15 is 0 Å². The Labute approximate surface area is 100 Å². The molecule has 0 saturated heterocycles. The molecular weight excluding hydrogens is 226 g/mol. The van der Waals surface area contributed by atoms with Crippen molar-refractivity contribution < 1.29 is 4.79 Å². The molecule has 5 heteroatoms. The lowest BCUT2D eigenvalue weighted by Gasteiger charge is -2.24. The van der Waals surface area contributed by atoms with Crippen molar-refractivity contribution >= 4 is 17.5 Å². The second-order valence-corrected chi connectivity index (χ2v) is 4.34. The molecule has 0 atom stereocenters. The number of hydrogen-bond acceptors (Lipinski definition) is 3. The van der Waals surface area contributed by atoms with E-state index in [1.807, 2.05) is 24.8 Å². The first-order valence-electron chi connectivity index (χ1n) is 5.12. The van der Waals surface area contributed by atoms with Crippen molar-refractivity contribution in [1.29, 1.82) is 0 Å². The first-order chi connectivity index (χ1) is 7.49. The Hall–Kier alpha value is -1.13. The number of pyridine rings is 1. The highest BCUT2D eigenvalue weighted by Crippen LogP contribution is 2.11. The molecule has 0 aliphatic heterocycles. The smallest absolute Gasteiger partial charge is 0.231 e. The quantitative estimate of drug-likeness (QED) is 0.794. The van der Waals surface area contributed by atoms with E-state index in [2.05, 4.69) is 4.98 Å². The minimum Gasteiger partial charge on any atom is -0.369 e. The normalized spacial score (nSPS) is 11.1. The highest BCUT2D eigenvalue weighted by atomic mass is 35.5. The van der Waals surface area contributed by atoms with Gasteiger partial charge in [0, 0.05) is 18.8 Å². The number of halogens is 1. The molecule has 0 bridgehead atoms. The molecule has 88 valence electrons. The fraction of sp³-hybridized carbons (Fsp3) is 0.455. The third-order valence-corrected chi connectivity index (χ3v) is 2.47. The molecule has 0 aromatic carbocycles. The van der Waals surface area contributed by atoms with Crippen molar-refractivity contribution in [2.75, 3.05) is 6.54 Å². The number of amides is 1. The molecule has 1 aromatic rings. The summed E-state index contributed by atoms with van der Waals surface area (Å²) >= 11 is 5.79. The average molecular weight is 242 g/mol. The largest absolute Gasteiger partial charge is 0.369 e. The van der Waals surface area contributed by atoms with Crippen LogP contribution in [0.25, 0.3) is 0 Å². The highest BCUT2D eigenvalue weighted by Gasteiger charge is 2.12. The Kier molecular flexibility index (Phi) is 4.71. The monoisotopic (exact) mass is 241 g/mol. The predicted octanol–water partition coefficient (Wildman–Crippen LogP) is 1.43. The van der Waals surface area contributed by atoms with Crippen molar-refractivity contribution in [2.45, 2.75) is 26.4 Å². The van der Waals surface area contributed by atoms with Gasteiger partial charge < -0.3 is 5.73 Å². The predicted molar refractivity (Wildman–Crippen MR) is 64.0 cm³/mol. The first kappa shape index (κ1) is 12.9. The number of carbonyl (C=O) groups excluding carboxylic acids is 1. The van der Waals surface area contributed by atoms with Gasteiger partial charge in [-0.2, -0.15) is 0 Å². The average Bonchev–Trinajstić information content (AvgIpc) is 2.15. The van der Waals surface area contributed by atoms with Crippen molar-refractivity contribution in [3.8, 4) is 0 Å². The summed E-state index contributed by atoms with van der Waals surface area (Å²) in [6.07, 6.45) is 1.65. The molecule has 0 spiro atoms. The van der Waals surface area contributed by atoms with Crippen LogP contribution in [0.1, 0.15) is 19.4 Å². The molecule has 0 saturated carbocycles. The second kappa shape index (κ2) is 5.82. The van der Waals surface area contributed by atoms with Crippen LogP contribution < -0.4 is 5.73 Å². The van der Waals surface area contributed by atoms with Gasteiger partial charge in [0.2, 0.25) is 5.91 Å². The van der Waals surface area contributed by atoms with Crippen LogP contribution in [0.2, 0.25) is 5.15 Å². The lowest BCUT2D eigenvalue weighted by molar-refractivity contribution is -0.119. The van der Waals surface area contributed by atoms with Gasteiger partial charge in [0.25, 0.3) is 0 Å². The SMILES string of the molecule is CC(C)N(CC(N)=O)Cc1ccnc(Cl)c1.